The molecule has 0 aromatic carbocycles. The van der Waals surface area contributed by atoms with E-state index in [-0.39, 0.29) is 5.96 Å². The molecule has 0 aliphatic rings. The molecule has 0 amide bonds. The van der Waals surface area contributed by atoms with Crippen LogP contribution in [0.15, 0.2) is 0 Å². The van der Waals surface area contributed by atoms with Crippen molar-refractivity contribution in [3.8, 4) is 0 Å². The van der Waals surface area contributed by atoms with E-state index >= 15 is 0 Å². The zero-order valence-corrected chi connectivity index (χ0v) is 5.08. The Morgan fingerprint density at radius 1 is 2.00 bits per heavy atom. The van der Waals surface area contributed by atoms with Crippen LogP contribution in [0.25, 0.3) is 0 Å². The molecule has 5 heavy (non-hydrogen) atoms. The predicted octanol–water partition coefficient (Wildman–Crippen LogP) is -1.98. The number of hydrogen-bond acceptors (Lipinski definition) is 1. The first-order chi connectivity index (χ1) is 2.27. The molecule has 0 saturated carbocycles. The molecular weight excluding hydrogens is 81.0 g/mol. The van der Waals surface area contributed by atoms with Gasteiger partial charge in [-0.1, -0.05) is 0 Å². The van der Waals surface area contributed by atoms with E-state index in [1.54, 1.807) is 0 Å². The summed E-state index contributed by atoms with van der Waals surface area (Å²) >= 11 is 0.774. The average Bonchev–Trinajstić information content (AvgIpc) is 1.38. The zero-order valence-electron chi connectivity index (χ0n) is 3.08. The van der Waals surface area contributed by atoms with Gasteiger partial charge in [0.1, 0.15) is 0 Å². The number of nitrogens with one attached hydrogen (secondary N) is 2. The van der Waals surface area contributed by atoms with Crippen molar-refractivity contribution in [1.82, 2.24) is 4.30 Å². The number of rotatable bonds is 0. The summed E-state index contributed by atoms with van der Waals surface area (Å²) in [5, 5.41) is 6.44. The van der Waals surface area contributed by atoms with Gasteiger partial charge in [0, 0.05) is 0 Å². The number of guanidine groups is 1. The van der Waals surface area contributed by atoms with E-state index in [4.69, 9.17) is 11.1 Å². The first kappa shape index (κ1) is 4.80. The molecule has 0 fully saturated rings. The standard InChI is InChI=1S/CH4N3.Al.2H/c2-1(3)4;;;/h(H4-,2,3,4);;;/q-1;+1;;. The second kappa shape index (κ2) is 2.07. The van der Waals surface area contributed by atoms with Gasteiger partial charge in [-0.2, -0.15) is 0 Å². The molecular formula is CH6AlN3. The highest BCUT2D eigenvalue weighted by molar-refractivity contribution is 6.13. The summed E-state index contributed by atoms with van der Waals surface area (Å²) in [4.78, 5) is 0. The molecule has 0 aromatic heterocycles. The Hall–Kier alpha value is -0.198. The van der Waals surface area contributed by atoms with E-state index < -0.39 is 0 Å². The fraction of sp³-hybridized carbons (Fsp3) is 0. The molecule has 0 heterocycles. The quantitative estimate of drug-likeness (QED) is 0.182. The van der Waals surface area contributed by atoms with Gasteiger partial charge in [-0.25, -0.2) is 0 Å². The minimum absolute atomic E-state index is 0.0664. The van der Waals surface area contributed by atoms with Crippen molar-refractivity contribution in [2.75, 3.05) is 0 Å². The molecule has 0 aliphatic heterocycles. The number of nitrogens with two attached hydrogens (primary N) is 1. The third-order valence-electron chi connectivity index (χ3n) is 0.269. The Bertz CT molecular complexity index is 42.2. The van der Waals surface area contributed by atoms with Crippen molar-refractivity contribution >= 4 is 22.5 Å². The van der Waals surface area contributed by atoms with Crippen LogP contribution in [0.4, 0.5) is 0 Å². The molecule has 0 aromatic rings. The summed E-state index contributed by atoms with van der Waals surface area (Å²) in [6.45, 7) is 0. The van der Waals surface area contributed by atoms with Gasteiger partial charge in [0.2, 0.25) is 0 Å². The lowest BCUT2D eigenvalue weighted by Gasteiger charge is -1.86. The Balaban J connectivity index is 2.85. The molecule has 0 unspecified atom stereocenters. The largest absolute Gasteiger partial charge is 0.453 e. The van der Waals surface area contributed by atoms with Gasteiger partial charge in [-0.3, -0.25) is 5.41 Å². The molecule has 4 N–H and O–H groups in total. The van der Waals surface area contributed by atoms with Gasteiger partial charge in [0.25, 0.3) is 0 Å². The third-order valence-corrected chi connectivity index (χ3v) is 0.808. The summed E-state index contributed by atoms with van der Waals surface area (Å²) in [7, 11) is 0. The van der Waals surface area contributed by atoms with Crippen molar-refractivity contribution in [3.05, 3.63) is 0 Å². The van der Waals surface area contributed by atoms with Gasteiger partial charge < -0.3 is 10.0 Å². The van der Waals surface area contributed by atoms with E-state index in [1.165, 1.54) is 0 Å². The summed E-state index contributed by atoms with van der Waals surface area (Å²) in [5.74, 6) is 0.0664. The Morgan fingerprint density at radius 2 is 2.20 bits per heavy atom. The van der Waals surface area contributed by atoms with E-state index in [9.17, 15) is 0 Å². The van der Waals surface area contributed by atoms with Crippen LogP contribution in [0.1, 0.15) is 0 Å². The second-order valence-corrected chi connectivity index (χ2v) is 1.16. The van der Waals surface area contributed by atoms with E-state index in [0.717, 1.165) is 16.5 Å². The molecule has 0 saturated heterocycles. The first-order valence-corrected chi connectivity index (χ1v) is 2.29. The smallest absolute Gasteiger partial charge is 0.364 e. The fourth-order valence-corrected chi connectivity index (χ4v) is 0. The van der Waals surface area contributed by atoms with Gasteiger partial charge in [-0.15, -0.1) is 0 Å². The van der Waals surface area contributed by atoms with Crippen molar-refractivity contribution in [3.63, 3.8) is 0 Å². The van der Waals surface area contributed by atoms with Crippen LogP contribution in [0, 0.1) is 5.41 Å². The van der Waals surface area contributed by atoms with Gasteiger partial charge in [0.05, 0.1) is 0 Å². The lowest BCUT2D eigenvalue weighted by atomic mass is 11.1. The van der Waals surface area contributed by atoms with Crippen LogP contribution in [0.2, 0.25) is 0 Å². The monoisotopic (exact) mass is 87.0 g/mol. The van der Waals surface area contributed by atoms with Crippen LogP contribution in [-0.2, 0) is 0 Å². The Kier molecular flexibility index (Phi) is 1.98. The van der Waals surface area contributed by atoms with Gasteiger partial charge in [0.15, 0.2) is 5.96 Å². The molecule has 3 nitrogen and oxygen atoms in total. The molecule has 0 atom stereocenters. The molecule has 0 bridgehead atoms. The van der Waals surface area contributed by atoms with Crippen molar-refractivity contribution in [1.29, 1.82) is 5.41 Å². The SMILES string of the molecule is N=C(N)[NH][AlH2]. The minimum atomic E-state index is 0.0664. The Labute approximate surface area is 38.7 Å². The third kappa shape index (κ3) is 3.80. The van der Waals surface area contributed by atoms with Crippen molar-refractivity contribution < 1.29 is 0 Å². The molecule has 0 radical (unpaired) electrons. The van der Waals surface area contributed by atoms with Crippen molar-refractivity contribution in [2.45, 2.75) is 0 Å². The van der Waals surface area contributed by atoms with Crippen LogP contribution in [0.5, 0.6) is 0 Å². The van der Waals surface area contributed by atoms with E-state index in [1.807, 2.05) is 0 Å². The van der Waals surface area contributed by atoms with Crippen LogP contribution in [0.3, 0.4) is 0 Å². The van der Waals surface area contributed by atoms with Crippen LogP contribution < -0.4 is 10.0 Å². The highest BCUT2D eigenvalue weighted by Crippen LogP contribution is 1.29. The topological polar surface area (TPSA) is 61.9 Å². The highest BCUT2D eigenvalue weighted by Gasteiger charge is 1.66. The lowest BCUT2D eigenvalue weighted by Crippen LogP contribution is -2.27. The summed E-state index contributed by atoms with van der Waals surface area (Å²) < 4.78 is 2.53. The summed E-state index contributed by atoms with van der Waals surface area (Å²) in [6.07, 6.45) is 0. The van der Waals surface area contributed by atoms with Crippen molar-refractivity contribution in [2.24, 2.45) is 5.73 Å². The van der Waals surface area contributed by atoms with E-state index in [2.05, 4.69) is 4.30 Å². The molecule has 0 rings (SSSR count). The summed E-state index contributed by atoms with van der Waals surface area (Å²) in [6, 6.07) is 0. The maximum absolute atomic E-state index is 6.44. The molecule has 0 spiro atoms. The lowest BCUT2D eigenvalue weighted by molar-refractivity contribution is 1.31. The normalized spacial score (nSPS) is 6.40. The van der Waals surface area contributed by atoms with Crippen LogP contribution in [-0.4, -0.2) is 22.5 Å². The predicted molar refractivity (Wildman–Crippen MR) is 23.6 cm³/mol. The second-order valence-electron chi connectivity index (χ2n) is 0.664. The zero-order chi connectivity index (χ0) is 4.28. The molecule has 0 aliphatic carbocycles. The maximum Gasteiger partial charge on any atom is 0.364 e. The maximum atomic E-state index is 6.44. The molecule has 28 valence electrons. The fourth-order valence-electron chi connectivity index (χ4n) is 0. The average molecular weight is 87.1 g/mol. The van der Waals surface area contributed by atoms with Crippen LogP contribution >= 0.6 is 0 Å². The van der Waals surface area contributed by atoms with Gasteiger partial charge >= 0.3 is 16.5 Å². The van der Waals surface area contributed by atoms with Gasteiger partial charge in [-0.05, 0) is 0 Å². The Morgan fingerprint density at radius 3 is 2.20 bits per heavy atom. The molecule has 4 heteroatoms. The van der Waals surface area contributed by atoms with E-state index in [0.29, 0.717) is 0 Å². The first-order valence-electron chi connectivity index (χ1n) is 1.29. The minimum Gasteiger partial charge on any atom is -0.453 e. The summed E-state index contributed by atoms with van der Waals surface area (Å²) in [5.41, 5.74) is 4.80. The highest BCUT2D eigenvalue weighted by atomic mass is 27.1. The number of hydrogen-bond donors (Lipinski definition) is 3.